The van der Waals surface area contributed by atoms with Gasteiger partial charge in [0.05, 0.1) is 32.8 Å². The van der Waals surface area contributed by atoms with E-state index < -0.39 is 0 Å². The summed E-state index contributed by atoms with van der Waals surface area (Å²) >= 11 is 0. The molecule has 186 valence electrons. The van der Waals surface area contributed by atoms with Gasteiger partial charge in [0.15, 0.2) is 0 Å². The number of aromatic amines is 1. The minimum Gasteiger partial charge on any atom is -0.495 e. The molecule has 2 aromatic rings. The molecule has 1 amide bonds. The van der Waals surface area contributed by atoms with Gasteiger partial charge in [-0.05, 0) is 45.0 Å². The van der Waals surface area contributed by atoms with Gasteiger partial charge in [0.2, 0.25) is 0 Å². The molecule has 0 fully saturated rings. The number of esters is 1. The summed E-state index contributed by atoms with van der Waals surface area (Å²) in [5.74, 6) is 0.255. The number of ether oxygens (including phenoxy) is 2. The zero-order valence-electron chi connectivity index (χ0n) is 20.9. The molecular formula is C27H37FN2O4. The van der Waals surface area contributed by atoms with Gasteiger partial charge in [0.25, 0.3) is 5.91 Å². The van der Waals surface area contributed by atoms with Crippen LogP contribution in [-0.2, 0) is 27.2 Å². The molecule has 0 aliphatic carbocycles. The number of carbonyl (C=O) groups excluding carboxylic acids is 2. The van der Waals surface area contributed by atoms with Crippen LogP contribution >= 0.6 is 0 Å². The summed E-state index contributed by atoms with van der Waals surface area (Å²) < 4.78 is 20.1. The number of para-hydroxylation sites is 1. The molecule has 1 heterocycles. The lowest BCUT2D eigenvalue weighted by atomic mass is 10.0. The van der Waals surface area contributed by atoms with Crippen LogP contribution < -0.4 is 4.74 Å². The Kier molecular flexibility index (Phi) is 15.1. The van der Waals surface area contributed by atoms with E-state index in [4.69, 9.17) is 9.47 Å². The van der Waals surface area contributed by atoms with E-state index in [0.717, 1.165) is 22.2 Å². The number of allylic oxidation sites excluding steroid dienone is 3. The Labute approximate surface area is 202 Å². The van der Waals surface area contributed by atoms with Crippen molar-refractivity contribution in [3.05, 3.63) is 79.2 Å². The summed E-state index contributed by atoms with van der Waals surface area (Å²) in [4.78, 5) is 29.5. The number of carbonyl (C=O) groups is 2. The highest BCUT2D eigenvalue weighted by Crippen LogP contribution is 2.30. The molecule has 0 radical (unpaired) electrons. The number of benzene rings is 1. The highest BCUT2D eigenvalue weighted by Gasteiger charge is 2.19. The van der Waals surface area contributed by atoms with Crippen molar-refractivity contribution in [3.8, 4) is 5.75 Å². The first-order valence-corrected chi connectivity index (χ1v) is 10.9. The van der Waals surface area contributed by atoms with Crippen molar-refractivity contribution in [2.24, 2.45) is 0 Å². The molecule has 0 spiro atoms. The predicted octanol–water partition coefficient (Wildman–Crippen LogP) is 5.71. The molecule has 0 aliphatic heterocycles. The number of hydrogen-bond acceptors (Lipinski definition) is 4. The van der Waals surface area contributed by atoms with Gasteiger partial charge >= 0.3 is 5.97 Å². The van der Waals surface area contributed by atoms with Gasteiger partial charge in [-0.1, -0.05) is 43.5 Å². The lowest BCUT2D eigenvalue weighted by Gasteiger charge is -2.18. The summed E-state index contributed by atoms with van der Waals surface area (Å²) in [6.07, 6.45) is 7.18. The number of fused-ring (bicyclic) bond motifs is 1. The number of hydrogen-bond donors (Lipinski definition) is 1. The van der Waals surface area contributed by atoms with Crippen LogP contribution in [0, 0.1) is 0 Å². The maximum atomic E-state index is 12.6. The van der Waals surface area contributed by atoms with Crippen LogP contribution in [0.5, 0.6) is 5.75 Å². The topological polar surface area (TPSA) is 71.6 Å². The van der Waals surface area contributed by atoms with Gasteiger partial charge in [0, 0.05) is 23.2 Å². The fourth-order valence-electron chi connectivity index (χ4n) is 3.25. The van der Waals surface area contributed by atoms with Gasteiger partial charge in [-0.2, -0.15) is 0 Å². The van der Waals surface area contributed by atoms with Crippen LogP contribution in [0.3, 0.4) is 0 Å². The van der Waals surface area contributed by atoms with Gasteiger partial charge < -0.3 is 19.4 Å². The predicted molar refractivity (Wildman–Crippen MR) is 138 cm³/mol. The number of H-pyrrole nitrogens is 1. The molecule has 2 rings (SSSR count). The third-order valence-corrected chi connectivity index (χ3v) is 4.63. The SMILES string of the molecule is C=C/C=C(\C)C(=O)N(C=C)CCc1c(CC(=O)OCC)[nH]c2c(OC)cccc12.C=CC.CF. The number of methoxy groups -OCH3 is 1. The van der Waals surface area contributed by atoms with Crippen molar-refractivity contribution in [3.63, 3.8) is 0 Å². The third kappa shape index (κ3) is 8.73. The fourth-order valence-corrected chi connectivity index (χ4v) is 3.25. The highest BCUT2D eigenvalue weighted by molar-refractivity contribution is 5.94. The smallest absolute Gasteiger partial charge is 0.311 e. The molecule has 0 saturated heterocycles. The molecule has 0 aliphatic rings. The normalized spacial score (nSPS) is 10.1. The van der Waals surface area contributed by atoms with Crippen molar-refractivity contribution in [1.82, 2.24) is 9.88 Å². The number of aromatic nitrogens is 1. The summed E-state index contributed by atoms with van der Waals surface area (Å²) in [5, 5.41) is 0.957. The van der Waals surface area contributed by atoms with E-state index >= 15 is 0 Å². The number of alkyl halides is 1. The second-order valence-electron chi connectivity index (χ2n) is 6.87. The molecule has 0 bridgehead atoms. The van der Waals surface area contributed by atoms with Crippen LogP contribution in [0.25, 0.3) is 10.9 Å². The molecular weight excluding hydrogens is 435 g/mol. The molecule has 34 heavy (non-hydrogen) atoms. The minimum absolute atomic E-state index is 0.123. The summed E-state index contributed by atoms with van der Waals surface area (Å²) in [6.45, 7) is 16.9. The summed E-state index contributed by atoms with van der Waals surface area (Å²) in [6, 6.07) is 5.74. The van der Waals surface area contributed by atoms with Gasteiger partial charge in [-0.15, -0.1) is 6.58 Å². The summed E-state index contributed by atoms with van der Waals surface area (Å²) in [7, 11) is 2.10. The first-order chi connectivity index (χ1) is 16.4. The minimum atomic E-state index is -0.305. The van der Waals surface area contributed by atoms with Crippen molar-refractivity contribution in [2.45, 2.75) is 33.6 Å². The molecule has 7 heteroatoms. The van der Waals surface area contributed by atoms with E-state index in [1.165, 1.54) is 6.20 Å². The van der Waals surface area contributed by atoms with E-state index in [1.54, 1.807) is 44.1 Å². The van der Waals surface area contributed by atoms with Crippen molar-refractivity contribution >= 4 is 22.8 Å². The Hall–Kier alpha value is -3.61. The molecule has 1 aromatic heterocycles. The van der Waals surface area contributed by atoms with E-state index in [2.05, 4.69) is 24.7 Å². The fraction of sp³-hybridized carbons (Fsp3) is 0.333. The largest absolute Gasteiger partial charge is 0.495 e. The molecule has 1 aromatic carbocycles. The van der Waals surface area contributed by atoms with Crippen molar-refractivity contribution in [1.29, 1.82) is 0 Å². The highest BCUT2D eigenvalue weighted by atomic mass is 19.1. The zero-order valence-corrected chi connectivity index (χ0v) is 20.9. The van der Waals surface area contributed by atoms with E-state index in [9.17, 15) is 14.0 Å². The van der Waals surface area contributed by atoms with Gasteiger partial charge in [0.1, 0.15) is 5.75 Å². The molecule has 0 saturated carbocycles. The Bertz CT molecular complexity index is 992. The Morgan fingerprint density at radius 1 is 1.21 bits per heavy atom. The number of rotatable bonds is 10. The lowest BCUT2D eigenvalue weighted by molar-refractivity contribution is -0.142. The van der Waals surface area contributed by atoms with E-state index in [0.29, 0.717) is 38.1 Å². The number of nitrogens with one attached hydrogen (secondary N) is 1. The van der Waals surface area contributed by atoms with Crippen LogP contribution in [-0.4, -0.2) is 49.2 Å². The van der Waals surface area contributed by atoms with Crippen LogP contribution in [0.1, 0.15) is 32.0 Å². The quantitative estimate of drug-likeness (QED) is 0.208. The summed E-state index contributed by atoms with van der Waals surface area (Å²) in [5.41, 5.74) is 3.12. The molecule has 6 nitrogen and oxygen atoms in total. The molecule has 0 atom stereocenters. The van der Waals surface area contributed by atoms with Crippen molar-refractivity contribution < 1.29 is 23.5 Å². The average molecular weight is 473 g/mol. The number of halogens is 1. The second-order valence-corrected chi connectivity index (χ2v) is 6.87. The lowest BCUT2D eigenvalue weighted by Crippen LogP contribution is -2.28. The Balaban J connectivity index is 0.00000201. The van der Waals surface area contributed by atoms with E-state index in [-0.39, 0.29) is 18.3 Å². The van der Waals surface area contributed by atoms with E-state index in [1.807, 2.05) is 25.1 Å². The first kappa shape index (κ1) is 30.4. The third-order valence-electron chi connectivity index (χ3n) is 4.63. The number of amides is 1. The van der Waals surface area contributed by atoms with Gasteiger partial charge in [-0.25, -0.2) is 0 Å². The monoisotopic (exact) mass is 472 g/mol. The maximum absolute atomic E-state index is 12.6. The zero-order chi connectivity index (χ0) is 26.1. The van der Waals surface area contributed by atoms with Crippen LogP contribution in [0.4, 0.5) is 4.39 Å². The second kappa shape index (κ2) is 16.9. The van der Waals surface area contributed by atoms with Crippen LogP contribution in [0.15, 0.2) is 67.9 Å². The first-order valence-electron chi connectivity index (χ1n) is 10.9. The number of nitrogens with zero attached hydrogens (tertiary/aromatic N) is 1. The van der Waals surface area contributed by atoms with Gasteiger partial charge in [-0.3, -0.25) is 14.0 Å². The Morgan fingerprint density at radius 3 is 2.38 bits per heavy atom. The van der Waals surface area contributed by atoms with Crippen LogP contribution in [0.2, 0.25) is 0 Å². The molecule has 1 N–H and O–H groups in total. The average Bonchev–Trinajstić information content (AvgIpc) is 3.18. The standard InChI is InChI=1S/C23H28N2O4.C3H6.CH3F/c1-6-10-16(4)23(27)25(7-2)14-13-17-18-11-9-12-20(28-5)22(18)24-19(17)15-21(26)29-8-3;1-3-2;1-2/h6-7,9-12,24H,1-2,8,13-15H2,3-5H3;3H,1H2,2H3;1H3/b16-10+;;. The Morgan fingerprint density at radius 2 is 1.85 bits per heavy atom. The maximum Gasteiger partial charge on any atom is 0.311 e. The molecule has 0 unspecified atom stereocenters. The van der Waals surface area contributed by atoms with Crippen molar-refractivity contribution in [2.75, 3.05) is 27.4 Å².